The molecular formula is C22H29NO3. The zero-order valence-corrected chi connectivity index (χ0v) is 16.3. The molecule has 140 valence electrons. The van der Waals surface area contributed by atoms with E-state index in [0.717, 1.165) is 17.5 Å². The molecule has 2 aromatic carbocycles. The van der Waals surface area contributed by atoms with Crippen LogP contribution in [-0.2, 0) is 17.6 Å². The Kier molecular flexibility index (Phi) is 7.07. The second-order valence-electron chi connectivity index (χ2n) is 6.62. The van der Waals surface area contributed by atoms with Crippen LogP contribution in [0.25, 0.3) is 0 Å². The molecule has 0 bridgehead atoms. The normalized spacial score (nSPS) is 13.0. The molecule has 0 aliphatic rings. The molecule has 2 atom stereocenters. The van der Waals surface area contributed by atoms with E-state index in [2.05, 4.69) is 36.5 Å². The molecule has 2 unspecified atom stereocenters. The van der Waals surface area contributed by atoms with E-state index >= 15 is 0 Å². The number of aryl methyl sites for hydroxylation is 1. The summed E-state index contributed by atoms with van der Waals surface area (Å²) in [6.07, 6.45) is 1.66. The summed E-state index contributed by atoms with van der Waals surface area (Å²) in [5.74, 6) is 1.29. The first-order valence-electron chi connectivity index (χ1n) is 9.08. The lowest BCUT2D eigenvalue weighted by Gasteiger charge is -2.19. The van der Waals surface area contributed by atoms with Crippen molar-refractivity contribution in [1.29, 1.82) is 0 Å². The van der Waals surface area contributed by atoms with E-state index in [4.69, 9.17) is 9.47 Å². The summed E-state index contributed by atoms with van der Waals surface area (Å²) in [6.45, 7) is 6.09. The molecule has 0 saturated heterocycles. The van der Waals surface area contributed by atoms with Gasteiger partial charge in [0.25, 0.3) is 0 Å². The van der Waals surface area contributed by atoms with Crippen molar-refractivity contribution in [3.05, 3.63) is 59.2 Å². The number of rotatable bonds is 8. The van der Waals surface area contributed by atoms with Gasteiger partial charge in [0.1, 0.15) is 0 Å². The van der Waals surface area contributed by atoms with Crippen LogP contribution in [0.2, 0.25) is 0 Å². The van der Waals surface area contributed by atoms with Gasteiger partial charge in [0, 0.05) is 5.92 Å². The van der Waals surface area contributed by atoms with Gasteiger partial charge in [-0.25, -0.2) is 0 Å². The Labute approximate surface area is 156 Å². The number of methoxy groups -OCH3 is 2. The molecule has 0 radical (unpaired) electrons. The van der Waals surface area contributed by atoms with Crippen molar-refractivity contribution in [3.63, 3.8) is 0 Å². The Bertz CT molecular complexity index is 725. The smallest absolute Gasteiger partial charge is 0.223 e. The summed E-state index contributed by atoms with van der Waals surface area (Å²) < 4.78 is 10.6. The number of benzene rings is 2. The van der Waals surface area contributed by atoms with Crippen LogP contribution in [-0.4, -0.2) is 20.1 Å². The third kappa shape index (κ3) is 5.01. The summed E-state index contributed by atoms with van der Waals surface area (Å²) in [5.41, 5.74) is 3.47. The number of hydrogen-bond donors (Lipinski definition) is 1. The second-order valence-corrected chi connectivity index (χ2v) is 6.62. The molecule has 2 aromatic rings. The fourth-order valence-corrected chi connectivity index (χ4v) is 2.93. The lowest BCUT2D eigenvalue weighted by molar-refractivity contribution is -0.125. The molecule has 4 heteroatoms. The first-order chi connectivity index (χ1) is 12.5. The Morgan fingerprint density at radius 1 is 0.962 bits per heavy atom. The monoisotopic (exact) mass is 355 g/mol. The van der Waals surface area contributed by atoms with Crippen LogP contribution >= 0.6 is 0 Å². The van der Waals surface area contributed by atoms with Gasteiger partial charge in [-0.3, -0.25) is 4.79 Å². The van der Waals surface area contributed by atoms with Gasteiger partial charge < -0.3 is 14.8 Å². The van der Waals surface area contributed by atoms with Crippen LogP contribution < -0.4 is 14.8 Å². The molecule has 0 spiro atoms. The van der Waals surface area contributed by atoms with Crippen LogP contribution in [0.1, 0.15) is 43.5 Å². The fraction of sp³-hybridized carbons (Fsp3) is 0.409. The highest BCUT2D eigenvalue weighted by molar-refractivity contribution is 5.79. The predicted molar refractivity (Wildman–Crippen MR) is 105 cm³/mol. The minimum atomic E-state index is -0.134. The highest BCUT2D eigenvalue weighted by Gasteiger charge is 2.17. The fourth-order valence-electron chi connectivity index (χ4n) is 2.93. The zero-order chi connectivity index (χ0) is 19.1. The molecule has 0 fully saturated rings. The summed E-state index contributed by atoms with van der Waals surface area (Å²) >= 11 is 0. The van der Waals surface area contributed by atoms with Gasteiger partial charge in [-0.1, -0.05) is 44.2 Å². The van der Waals surface area contributed by atoms with E-state index in [9.17, 15) is 4.79 Å². The molecule has 0 aliphatic heterocycles. The summed E-state index contributed by atoms with van der Waals surface area (Å²) in [4.78, 5) is 12.6. The number of carbonyl (C=O) groups is 1. The maximum absolute atomic E-state index is 12.6. The molecule has 0 saturated carbocycles. The molecular weight excluding hydrogens is 326 g/mol. The minimum Gasteiger partial charge on any atom is -0.493 e. The van der Waals surface area contributed by atoms with Crippen molar-refractivity contribution in [3.8, 4) is 11.5 Å². The van der Waals surface area contributed by atoms with Crippen molar-refractivity contribution >= 4 is 5.91 Å². The number of hydrogen-bond acceptors (Lipinski definition) is 3. The van der Waals surface area contributed by atoms with Gasteiger partial charge >= 0.3 is 0 Å². The van der Waals surface area contributed by atoms with Crippen LogP contribution in [0.15, 0.2) is 42.5 Å². The Balaban J connectivity index is 1.98. The van der Waals surface area contributed by atoms with Crippen molar-refractivity contribution < 1.29 is 14.3 Å². The van der Waals surface area contributed by atoms with E-state index < -0.39 is 0 Å². The van der Waals surface area contributed by atoms with Gasteiger partial charge in [0.15, 0.2) is 11.5 Å². The quantitative estimate of drug-likeness (QED) is 0.767. The van der Waals surface area contributed by atoms with E-state index in [-0.39, 0.29) is 17.9 Å². The minimum absolute atomic E-state index is 0.0127. The maximum Gasteiger partial charge on any atom is 0.223 e. The average Bonchev–Trinajstić information content (AvgIpc) is 2.67. The zero-order valence-electron chi connectivity index (χ0n) is 16.3. The first kappa shape index (κ1) is 19.8. The second kappa shape index (κ2) is 9.27. The number of carbonyl (C=O) groups excluding carboxylic acids is 1. The standard InChI is InChI=1S/C22H29NO3/c1-6-17-7-10-19(11-8-17)16(3)23-22(24)15(2)13-18-9-12-20(25-4)21(14-18)26-5/h7-12,14-16H,6,13H2,1-5H3,(H,23,24). The van der Waals surface area contributed by atoms with Crippen LogP contribution in [0.3, 0.4) is 0 Å². The third-order valence-electron chi connectivity index (χ3n) is 4.68. The first-order valence-corrected chi connectivity index (χ1v) is 9.08. The van der Waals surface area contributed by atoms with Gasteiger partial charge in [-0.05, 0) is 48.6 Å². The van der Waals surface area contributed by atoms with Crippen molar-refractivity contribution in [2.24, 2.45) is 5.92 Å². The summed E-state index contributed by atoms with van der Waals surface area (Å²) in [6, 6.07) is 14.2. The molecule has 26 heavy (non-hydrogen) atoms. The SMILES string of the molecule is CCc1ccc(C(C)NC(=O)C(C)Cc2ccc(OC)c(OC)c2)cc1. The third-order valence-corrected chi connectivity index (χ3v) is 4.68. The van der Waals surface area contributed by atoms with Gasteiger partial charge in [-0.15, -0.1) is 0 Å². The van der Waals surface area contributed by atoms with Crippen LogP contribution in [0.5, 0.6) is 11.5 Å². The van der Waals surface area contributed by atoms with E-state index in [1.54, 1.807) is 14.2 Å². The van der Waals surface area contributed by atoms with Gasteiger partial charge in [0.05, 0.1) is 20.3 Å². The Morgan fingerprint density at radius 2 is 1.58 bits per heavy atom. The number of nitrogens with one attached hydrogen (secondary N) is 1. The lowest BCUT2D eigenvalue weighted by Crippen LogP contribution is -2.32. The van der Waals surface area contributed by atoms with E-state index in [0.29, 0.717) is 17.9 Å². The molecule has 0 aliphatic carbocycles. The average molecular weight is 355 g/mol. The highest BCUT2D eigenvalue weighted by Crippen LogP contribution is 2.28. The maximum atomic E-state index is 12.6. The number of ether oxygens (including phenoxy) is 2. The van der Waals surface area contributed by atoms with Crippen molar-refractivity contribution in [2.75, 3.05) is 14.2 Å². The molecule has 1 N–H and O–H groups in total. The molecule has 1 amide bonds. The summed E-state index contributed by atoms with van der Waals surface area (Å²) in [5, 5.41) is 3.11. The van der Waals surface area contributed by atoms with Crippen molar-refractivity contribution in [2.45, 2.75) is 39.7 Å². The molecule has 0 heterocycles. The topological polar surface area (TPSA) is 47.6 Å². The predicted octanol–water partition coefficient (Wildman–Crippen LogP) is 4.32. The molecule has 0 aromatic heterocycles. The highest BCUT2D eigenvalue weighted by atomic mass is 16.5. The Morgan fingerprint density at radius 3 is 2.15 bits per heavy atom. The van der Waals surface area contributed by atoms with Crippen LogP contribution in [0, 0.1) is 5.92 Å². The van der Waals surface area contributed by atoms with Crippen LogP contribution in [0.4, 0.5) is 0 Å². The van der Waals surface area contributed by atoms with E-state index in [1.807, 2.05) is 32.0 Å². The van der Waals surface area contributed by atoms with Gasteiger partial charge in [-0.2, -0.15) is 0 Å². The largest absolute Gasteiger partial charge is 0.493 e. The Hall–Kier alpha value is -2.49. The van der Waals surface area contributed by atoms with Crippen molar-refractivity contribution in [1.82, 2.24) is 5.32 Å². The lowest BCUT2D eigenvalue weighted by atomic mass is 9.98. The van der Waals surface area contributed by atoms with Gasteiger partial charge in [0.2, 0.25) is 5.91 Å². The summed E-state index contributed by atoms with van der Waals surface area (Å²) in [7, 11) is 3.23. The number of amides is 1. The van der Waals surface area contributed by atoms with E-state index in [1.165, 1.54) is 5.56 Å². The molecule has 2 rings (SSSR count). The molecule has 4 nitrogen and oxygen atoms in total.